The molecule has 1 aromatic carbocycles. The molecule has 1 atom stereocenters. The molecule has 3 aromatic rings. The minimum Gasteiger partial charge on any atom is -0.481 e. The Balaban J connectivity index is 2.11. The predicted molar refractivity (Wildman–Crippen MR) is 66.6 cm³/mol. The fourth-order valence-electron chi connectivity index (χ4n) is 2.21. The van der Waals surface area contributed by atoms with E-state index < -0.39 is 11.9 Å². The van der Waals surface area contributed by atoms with Gasteiger partial charge in [0, 0.05) is 17.1 Å². The first kappa shape index (κ1) is 11.4. The number of hydrogen-bond donors (Lipinski definition) is 3. The smallest absolute Gasteiger partial charge is 0.304 e. The zero-order valence-corrected chi connectivity index (χ0v) is 9.87. The summed E-state index contributed by atoms with van der Waals surface area (Å²) < 4.78 is 0. The molecule has 2 heterocycles. The molecule has 0 saturated heterocycles. The normalized spacial score (nSPS) is 12.6. The van der Waals surface area contributed by atoms with Crippen LogP contribution in [0, 0.1) is 0 Å². The van der Waals surface area contributed by atoms with Gasteiger partial charge in [-0.2, -0.15) is 5.21 Å². The van der Waals surface area contributed by atoms with Gasteiger partial charge in [0.25, 0.3) is 0 Å². The van der Waals surface area contributed by atoms with Crippen LogP contribution < -0.4 is 0 Å². The number of H-pyrrole nitrogens is 2. The second-order valence-electron chi connectivity index (χ2n) is 4.21. The van der Waals surface area contributed by atoms with E-state index in [1.165, 1.54) is 0 Å². The minimum atomic E-state index is -0.903. The number of carboxylic acids is 1. The summed E-state index contributed by atoms with van der Waals surface area (Å²) in [5.74, 6) is -0.945. The summed E-state index contributed by atoms with van der Waals surface area (Å²) in [6.07, 6.45) is 1.72. The number of nitrogens with one attached hydrogen (secondary N) is 2. The zero-order valence-electron chi connectivity index (χ0n) is 9.87. The standard InChI is InChI=1S/C12H11N5O2/c18-11(19)5-8(12-14-16-17-15-12)9-6-13-10-4-2-1-3-7(9)10/h1-4,6,8,13H,5H2,(H,18,19)(H,14,15,16,17). The maximum Gasteiger partial charge on any atom is 0.304 e. The molecule has 0 amide bonds. The summed E-state index contributed by atoms with van der Waals surface area (Å²) in [6, 6.07) is 7.71. The molecule has 0 aliphatic rings. The molecule has 19 heavy (non-hydrogen) atoms. The van der Waals surface area contributed by atoms with Gasteiger partial charge in [-0.15, -0.1) is 10.2 Å². The Morgan fingerprint density at radius 1 is 1.37 bits per heavy atom. The number of hydrogen-bond acceptors (Lipinski definition) is 4. The van der Waals surface area contributed by atoms with Crippen molar-refractivity contribution in [3.05, 3.63) is 41.9 Å². The van der Waals surface area contributed by atoms with Gasteiger partial charge in [0.1, 0.15) is 0 Å². The van der Waals surface area contributed by atoms with Gasteiger partial charge >= 0.3 is 5.97 Å². The van der Waals surface area contributed by atoms with Crippen molar-refractivity contribution in [2.75, 3.05) is 0 Å². The highest BCUT2D eigenvalue weighted by Gasteiger charge is 2.24. The summed E-state index contributed by atoms with van der Waals surface area (Å²) in [4.78, 5) is 14.2. The van der Waals surface area contributed by atoms with E-state index >= 15 is 0 Å². The third kappa shape index (κ3) is 2.05. The SMILES string of the molecule is O=C(O)CC(c1nn[nH]n1)c1c[nH]c2ccccc12. The molecular formula is C12H11N5O2. The Bertz CT molecular complexity index is 704. The zero-order chi connectivity index (χ0) is 13.2. The lowest BCUT2D eigenvalue weighted by atomic mass is 9.94. The molecule has 7 nitrogen and oxygen atoms in total. The molecule has 7 heteroatoms. The fraction of sp³-hybridized carbons (Fsp3) is 0.167. The monoisotopic (exact) mass is 257 g/mol. The number of tetrazole rings is 1. The first-order valence-corrected chi connectivity index (χ1v) is 5.77. The molecule has 96 valence electrons. The van der Waals surface area contributed by atoms with E-state index in [9.17, 15) is 4.79 Å². The number of para-hydroxylation sites is 1. The van der Waals surface area contributed by atoms with Gasteiger partial charge in [-0.05, 0) is 11.6 Å². The van der Waals surface area contributed by atoms with Crippen LogP contribution in [0.1, 0.15) is 23.7 Å². The molecule has 0 bridgehead atoms. The summed E-state index contributed by atoms with van der Waals surface area (Å²) in [7, 11) is 0. The van der Waals surface area contributed by atoms with Crippen LogP contribution in [0.4, 0.5) is 0 Å². The lowest BCUT2D eigenvalue weighted by Crippen LogP contribution is -2.09. The summed E-state index contributed by atoms with van der Waals surface area (Å²) >= 11 is 0. The van der Waals surface area contributed by atoms with Crippen molar-refractivity contribution >= 4 is 16.9 Å². The highest BCUT2D eigenvalue weighted by atomic mass is 16.4. The van der Waals surface area contributed by atoms with E-state index in [-0.39, 0.29) is 6.42 Å². The number of aromatic nitrogens is 5. The van der Waals surface area contributed by atoms with Crippen molar-refractivity contribution in [1.82, 2.24) is 25.6 Å². The first-order valence-electron chi connectivity index (χ1n) is 5.77. The van der Waals surface area contributed by atoms with Crippen LogP contribution in [0.5, 0.6) is 0 Å². The van der Waals surface area contributed by atoms with Crippen molar-refractivity contribution in [3.8, 4) is 0 Å². The molecule has 1 unspecified atom stereocenters. The Hall–Kier alpha value is -2.70. The number of aliphatic carboxylic acids is 1. The second kappa shape index (κ2) is 4.52. The second-order valence-corrected chi connectivity index (χ2v) is 4.21. The third-order valence-corrected chi connectivity index (χ3v) is 3.05. The summed E-state index contributed by atoms with van der Waals surface area (Å²) in [6.45, 7) is 0. The first-order chi connectivity index (χ1) is 9.25. The topological polar surface area (TPSA) is 108 Å². The van der Waals surface area contributed by atoms with Crippen LogP contribution >= 0.6 is 0 Å². The number of benzene rings is 1. The average molecular weight is 257 g/mol. The molecule has 0 aliphatic carbocycles. The number of nitrogens with zero attached hydrogens (tertiary/aromatic N) is 3. The van der Waals surface area contributed by atoms with Crippen LogP contribution in [-0.4, -0.2) is 36.7 Å². The maximum atomic E-state index is 11.0. The lowest BCUT2D eigenvalue weighted by molar-refractivity contribution is -0.137. The van der Waals surface area contributed by atoms with E-state index in [1.54, 1.807) is 6.20 Å². The van der Waals surface area contributed by atoms with Crippen LogP contribution in [0.2, 0.25) is 0 Å². The van der Waals surface area contributed by atoms with Crippen LogP contribution in [-0.2, 0) is 4.79 Å². The van der Waals surface area contributed by atoms with Crippen molar-refractivity contribution in [2.45, 2.75) is 12.3 Å². The molecule has 0 spiro atoms. The molecule has 0 aliphatic heterocycles. The van der Waals surface area contributed by atoms with Crippen molar-refractivity contribution in [2.24, 2.45) is 0 Å². The van der Waals surface area contributed by atoms with E-state index in [2.05, 4.69) is 25.6 Å². The van der Waals surface area contributed by atoms with Crippen LogP contribution in [0.3, 0.4) is 0 Å². The largest absolute Gasteiger partial charge is 0.481 e. The van der Waals surface area contributed by atoms with Crippen LogP contribution in [0.25, 0.3) is 10.9 Å². The Kier molecular flexibility index (Phi) is 2.71. The summed E-state index contributed by atoms with van der Waals surface area (Å²) in [5.41, 5.74) is 1.82. The highest BCUT2D eigenvalue weighted by molar-refractivity contribution is 5.84. The molecule has 0 radical (unpaired) electrons. The van der Waals surface area contributed by atoms with Crippen molar-refractivity contribution in [1.29, 1.82) is 0 Å². The van der Waals surface area contributed by atoms with Crippen molar-refractivity contribution in [3.63, 3.8) is 0 Å². The lowest BCUT2D eigenvalue weighted by Gasteiger charge is -2.09. The number of carboxylic acid groups (broad SMARTS) is 1. The molecule has 0 fully saturated rings. The number of fused-ring (bicyclic) bond motifs is 1. The number of rotatable bonds is 4. The van der Waals surface area contributed by atoms with Gasteiger partial charge in [-0.25, -0.2) is 0 Å². The highest BCUT2D eigenvalue weighted by Crippen LogP contribution is 2.31. The summed E-state index contributed by atoms with van der Waals surface area (Å²) in [5, 5.41) is 23.7. The fourth-order valence-corrected chi connectivity index (χ4v) is 2.21. The van der Waals surface area contributed by atoms with E-state index in [0.717, 1.165) is 16.5 Å². The number of aromatic amines is 2. The van der Waals surface area contributed by atoms with Crippen LogP contribution in [0.15, 0.2) is 30.5 Å². The molecule has 3 N–H and O–H groups in total. The third-order valence-electron chi connectivity index (χ3n) is 3.05. The van der Waals surface area contributed by atoms with Gasteiger partial charge in [-0.3, -0.25) is 4.79 Å². The Labute approximate surface area is 107 Å². The maximum absolute atomic E-state index is 11.0. The average Bonchev–Trinajstić information content (AvgIpc) is 3.05. The van der Waals surface area contributed by atoms with Crippen molar-refractivity contribution < 1.29 is 9.90 Å². The van der Waals surface area contributed by atoms with Gasteiger partial charge in [0.05, 0.1) is 12.3 Å². The van der Waals surface area contributed by atoms with E-state index in [0.29, 0.717) is 5.82 Å². The van der Waals surface area contributed by atoms with Gasteiger partial charge < -0.3 is 10.1 Å². The Morgan fingerprint density at radius 3 is 2.95 bits per heavy atom. The molecule has 0 saturated carbocycles. The quantitative estimate of drug-likeness (QED) is 0.652. The van der Waals surface area contributed by atoms with E-state index in [4.69, 9.17) is 5.11 Å². The van der Waals surface area contributed by atoms with Gasteiger partial charge in [-0.1, -0.05) is 23.4 Å². The Morgan fingerprint density at radius 2 is 2.21 bits per heavy atom. The number of carbonyl (C=O) groups is 1. The predicted octanol–water partition coefficient (Wildman–Crippen LogP) is 1.29. The van der Waals surface area contributed by atoms with Gasteiger partial charge in [0.2, 0.25) is 0 Å². The van der Waals surface area contributed by atoms with E-state index in [1.807, 2.05) is 24.3 Å². The molecular weight excluding hydrogens is 246 g/mol. The minimum absolute atomic E-state index is 0.0820. The van der Waals surface area contributed by atoms with Gasteiger partial charge in [0.15, 0.2) is 5.82 Å². The molecule has 3 rings (SSSR count). The molecule has 2 aromatic heterocycles.